The number of nitrogens with one attached hydrogen (secondary N) is 1. The summed E-state index contributed by atoms with van der Waals surface area (Å²) in [4.78, 5) is 10.3. The molecule has 1 aromatic rings. The van der Waals surface area contributed by atoms with Crippen LogP contribution in [0.3, 0.4) is 0 Å². The normalized spacial score (nSPS) is 10.4. The molecular formula is C11H16N2O3. The molecule has 0 aliphatic heterocycles. The van der Waals surface area contributed by atoms with E-state index in [0.29, 0.717) is 25.1 Å². The van der Waals surface area contributed by atoms with Crippen molar-refractivity contribution < 1.29 is 10.0 Å². The summed E-state index contributed by atoms with van der Waals surface area (Å²) in [6.45, 7) is 3.17. The molecule has 0 spiro atoms. The fraction of sp³-hybridized carbons (Fsp3) is 0.455. The summed E-state index contributed by atoms with van der Waals surface area (Å²) in [5, 5.41) is 22.4. The lowest BCUT2D eigenvalue weighted by molar-refractivity contribution is -0.385. The van der Waals surface area contributed by atoms with Crippen molar-refractivity contribution in [2.75, 3.05) is 13.2 Å². The average molecular weight is 224 g/mol. The maximum absolute atomic E-state index is 10.7. The van der Waals surface area contributed by atoms with Crippen molar-refractivity contribution in [3.8, 4) is 0 Å². The summed E-state index contributed by atoms with van der Waals surface area (Å²) in [7, 11) is 0. The predicted molar refractivity (Wildman–Crippen MR) is 61.2 cm³/mol. The quantitative estimate of drug-likeness (QED) is 0.435. The Morgan fingerprint density at radius 1 is 1.50 bits per heavy atom. The number of aryl methyl sites for hydroxylation is 1. The monoisotopic (exact) mass is 224 g/mol. The first-order valence-electron chi connectivity index (χ1n) is 5.20. The van der Waals surface area contributed by atoms with Crippen LogP contribution in [0.5, 0.6) is 0 Å². The molecule has 1 aromatic carbocycles. The Morgan fingerprint density at radius 2 is 2.25 bits per heavy atom. The summed E-state index contributed by atoms with van der Waals surface area (Å²) in [6.07, 6.45) is 0.688. The molecule has 0 saturated heterocycles. The van der Waals surface area contributed by atoms with Crippen molar-refractivity contribution in [1.82, 2.24) is 5.32 Å². The topological polar surface area (TPSA) is 75.4 Å². The number of nitrogens with zero attached hydrogens (tertiary/aromatic N) is 1. The third-order valence-electron chi connectivity index (χ3n) is 2.31. The molecule has 2 N–H and O–H groups in total. The van der Waals surface area contributed by atoms with E-state index in [4.69, 9.17) is 5.11 Å². The lowest BCUT2D eigenvalue weighted by Crippen LogP contribution is -2.15. The summed E-state index contributed by atoms with van der Waals surface area (Å²) >= 11 is 0. The highest BCUT2D eigenvalue weighted by Crippen LogP contribution is 2.18. The summed E-state index contributed by atoms with van der Waals surface area (Å²) in [6, 6.07) is 5.21. The molecule has 0 bridgehead atoms. The van der Waals surface area contributed by atoms with Crippen molar-refractivity contribution in [3.63, 3.8) is 0 Å². The predicted octanol–water partition coefficient (Wildman–Crippen LogP) is 1.38. The van der Waals surface area contributed by atoms with Crippen molar-refractivity contribution in [2.45, 2.75) is 19.9 Å². The number of hydrogen-bond donors (Lipinski definition) is 2. The molecule has 0 aromatic heterocycles. The molecule has 0 aliphatic carbocycles. The number of aliphatic hydroxyl groups excluding tert-OH is 1. The van der Waals surface area contributed by atoms with Crippen LogP contribution >= 0.6 is 0 Å². The van der Waals surface area contributed by atoms with E-state index in [1.54, 1.807) is 19.1 Å². The van der Waals surface area contributed by atoms with Gasteiger partial charge in [0, 0.05) is 24.8 Å². The molecule has 1 rings (SSSR count). The molecule has 0 unspecified atom stereocenters. The highest BCUT2D eigenvalue weighted by Gasteiger charge is 2.10. The lowest BCUT2D eigenvalue weighted by Gasteiger charge is -2.04. The van der Waals surface area contributed by atoms with E-state index in [1.807, 2.05) is 6.07 Å². The number of nitro groups is 1. The Bertz CT molecular complexity index is 366. The SMILES string of the molecule is Cc1ccc(CNCCCO)cc1[N+](=O)[O-]. The third-order valence-corrected chi connectivity index (χ3v) is 2.31. The fourth-order valence-electron chi connectivity index (χ4n) is 1.40. The van der Waals surface area contributed by atoms with Gasteiger partial charge in [0.1, 0.15) is 0 Å². The molecule has 5 nitrogen and oxygen atoms in total. The first-order valence-corrected chi connectivity index (χ1v) is 5.20. The molecule has 88 valence electrons. The van der Waals surface area contributed by atoms with Gasteiger partial charge in [0.25, 0.3) is 5.69 Å². The van der Waals surface area contributed by atoms with Crippen LogP contribution in [0.25, 0.3) is 0 Å². The molecule has 0 amide bonds. The van der Waals surface area contributed by atoms with E-state index in [-0.39, 0.29) is 17.2 Å². The fourth-order valence-corrected chi connectivity index (χ4v) is 1.40. The zero-order chi connectivity index (χ0) is 12.0. The minimum Gasteiger partial charge on any atom is -0.396 e. The van der Waals surface area contributed by atoms with E-state index in [1.165, 1.54) is 0 Å². The summed E-state index contributed by atoms with van der Waals surface area (Å²) < 4.78 is 0. The third kappa shape index (κ3) is 3.60. The van der Waals surface area contributed by atoms with Gasteiger partial charge in [-0.25, -0.2) is 0 Å². The first-order chi connectivity index (χ1) is 7.65. The molecule has 0 aliphatic rings. The van der Waals surface area contributed by atoms with Crippen molar-refractivity contribution in [2.24, 2.45) is 0 Å². The lowest BCUT2D eigenvalue weighted by atomic mass is 10.1. The Labute approximate surface area is 94.3 Å². The maximum atomic E-state index is 10.7. The molecule has 0 heterocycles. The van der Waals surface area contributed by atoms with E-state index in [2.05, 4.69) is 5.32 Å². The van der Waals surface area contributed by atoms with E-state index >= 15 is 0 Å². The first kappa shape index (κ1) is 12.6. The minimum atomic E-state index is -0.368. The van der Waals surface area contributed by atoms with Crippen LogP contribution in [0.1, 0.15) is 17.5 Å². The minimum absolute atomic E-state index is 0.154. The molecule has 0 atom stereocenters. The molecular weight excluding hydrogens is 208 g/mol. The van der Waals surface area contributed by atoms with Crippen LogP contribution in [-0.4, -0.2) is 23.2 Å². The summed E-state index contributed by atoms with van der Waals surface area (Å²) in [5.41, 5.74) is 1.71. The maximum Gasteiger partial charge on any atom is 0.272 e. The smallest absolute Gasteiger partial charge is 0.272 e. The van der Waals surface area contributed by atoms with Crippen LogP contribution in [0.2, 0.25) is 0 Å². The van der Waals surface area contributed by atoms with Gasteiger partial charge in [0.2, 0.25) is 0 Å². The molecule has 16 heavy (non-hydrogen) atoms. The number of rotatable bonds is 6. The standard InChI is InChI=1S/C11H16N2O3/c1-9-3-4-10(7-11(9)13(15)16)8-12-5-2-6-14/h3-4,7,12,14H,2,5-6,8H2,1H3. The van der Waals surface area contributed by atoms with Gasteiger partial charge in [0.05, 0.1) is 4.92 Å². The molecule has 0 fully saturated rings. The highest BCUT2D eigenvalue weighted by atomic mass is 16.6. The highest BCUT2D eigenvalue weighted by molar-refractivity contribution is 5.42. The number of aliphatic hydroxyl groups is 1. The van der Waals surface area contributed by atoms with Gasteiger partial charge in [-0.3, -0.25) is 10.1 Å². The Kier molecular flexibility index (Phi) is 4.88. The Balaban J connectivity index is 2.61. The van der Waals surface area contributed by atoms with Crippen molar-refractivity contribution in [1.29, 1.82) is 0 Å². The molecule has 0 saturated carbocycles. The second-order valence-electron chi connectivity index (χ2n) is 3.63. The van der Waals surface area contributed by atoms with Crippen LogP contribution < -0.4 is 5.32 Å². The van der Waals surface area contributed by atoms with E-state index in [9.17, 15) is 10.1 Å². The summed E-state index contributed by atoms with van der Waals surface area (Å²) in [5.74, 6) is 0. The van der Waals surface area contributed by atoms with Gasteiger partial charge >= 0.3 is 0 Å². The van der Waals surface area contributed by atoms with Gasteiger partial charge in [0.15, 0.2) is 0 Å². The van der Waals surface area contributed by atoms with Crippen molar-refractivity contribution in [3.05, 3.63) is 39.4 Å². The van der Waals surface area contributed by atoms with Gasteiger partial charge < -0.3 is 10.4 Å². The number of nitro benzene ring substituents is 1. The molecule has 5 heteroatoms. The van der Waals surface area contributed by atoms with Crippen LogP contribution in [-0.2, 0) is 6.54 Å². The number of hydrogen-bond acceptors (Lipinski definition) is 4. The second-order valence-corrected chi connectivity index (χ2v) is 3.63. The van der Waals surface area contributed by atoms with Gasteiger partial charge in [-0.1, -0.05) is 12.1 Å². The second kappa shape index (κ2) is 6.19. The van der Waals surface area contributed by atoms with Gasteiger partial charge in [-0.15, -0.1) is 0 Å². The van der Waals surface area contributed by atoms with E-state index in [0.717, 1.165) is 5.56 Å². The van der Waals surface area contributed by atoms with Crippen LogP contribution in [0, 0.1) is 17.0 Å². The Hall–Kier alpha value is -1.46. The zero-order valence-electron chi connectivity index (χ0n) is 9.27. The largest absolute Gasteiger partial charge is 0.396 e. The van der Waals surface area contributed by atoms with Gasteiger partial charge in [-0.2, -0.15) is 0 Å². The van der Waals surface area contributed by atoms with E-state index < -0.39 is 0 Å². The van der Waals surface area contributed by atoms with Gasteiger partial charge in [-0.05, 0) is 25.5 Å². The van der Waals surface area contributed by atoms with Crippen LogP contribution in [0.4, 0.5) is 5.69 Å². The average Bonchev–Trinajstić information content (AvgIpc) is 2.26. The zero-order valence-corrected chi connectivity index (χ0v) is 9.27. The number of benzene rings is 1. The molecule has 0 radical (unpaired) electrons. The van der Waals surface area contributed by atoms with Crippen LogP contribution in [0.15, 0.2) is 18.2 Å². The Morgan fingerprint density at radius 3 is 2.88 bits per heavy atom. The van der Waals surface area contributed by atoms with Crippen molar-refractivity contribution >= 4 is 5.69 Å².